The van der Waals surface area contributed by atoms with Gasteiger partial charge in [-0.2, -0.15) is 0 Å². The van der Waals surface area contributed by atoms with Crippen LogP contribution in [0, 0.1) is 6.92 Å². The van der Waals surface area contributed by atoms with Crippen molar-refractivity contribution in [2.24, 2.45) is 0 Å². The van der Waals surface area contributed by atoms with Crippen LogP contribution in [0.15, 0.2) is 65.2 Å². The van der Waals surface area contributed by atoms with Crippen LogP contribution in [0.2, 0.25) is 0 Å². The molecular formula is C25H26N2O5. The van der Waals surface area contributed by atoms with E-state index in [1.165, 1.54) is 6.08 Å². The second-order valence-electron chi connectivity index (χ2n) is 7.11. The molecule has 1 N–H and O–H groups in total. The van der Waals surface area contributed by atoms with Crippen LogP contribution in [0.25, 0.3) is 17.3 Å². The van der Waals surface area contributed by atoms with E-state index in [1.807, 2.05) is 61.5 Å². The topological polar surface area (TPSA) is 90.7 Å². The molecule has 1 atom stereocenters. The molecule has 32 heavy (non-hydrogen) atoms. The van der Waals surface area contributed by atoms with E-state index in [4.69, 9.17) is 14.0 Å². The van der Waals surface area contributed by atoms with E-state index in [2.05, 4.69) is 10.5 Å². The van der Waals surface area contributed by atoms with E-state index in [9.17, 15) is 9.59 Å². The molecule has 0 fully saturated rings. The van der Waals surface area contributed by atoms with Crippen LogP contribution in [0.3, 0.4) is 0 Å². The van der Waals surface area contributed by atoms with Gasteiger partial charge in [0, 0.05) is 11.6 Å². The molecule has 0 saturated heterocycles. The van der Waals surface area contributed by atoms with E-state index in [0.717, 1.165) is 22.4 Å². The minimum atomic E-state index is -0.704. The van der Waals surface area contributed by atoms with E-state index in [-0.39, 0.29) is 12.5 Å². The summed E-state index contributed by atoms with van der Waals surface area (Å²) in [5.41, 5.74) is 3.46. The van der Waals surface area contributed by atoms with E-state index < -0.39 is 12.0 Å². The fourth-order valence-electron chi connectivity index (χ4n) is 2.97. The van der Waals surface area contributed by atoms with E-state index >= 15 is 0 Å². The molecule has 1 amide bonds. The van der Waals surface area contributed by atoms with Crippen LogP contribution in [-0.2, 0) is 20.9 Å². The molecule has 0 saturated carbocycles. The fraction of sp³-hybridized carbons (Fsp3) is 0.240. The summed E-state index contributed by atoms with van der Waals surface area (Å²) in [6.45, 7) is 5.75. The van der Waals surface area contributed by atoms with Crippen molar-refractivity contribution in [1.82, 2.24) is 10.5 Å². The second kappa shape index (κ2) is 10.9. The number of rotatable bonds is 9. The highest BCUT2D eigenvalue weighted by molar-refractivity contribution is 5.94. The number of benzene rings is 2. The number of carbonyl (C=O) groups is 2. The highest BCUT2D eigenvalue weighted by atomic mass is 16.5. The molecular weight excluding hydrogens is 408 g/mol. The maximum Gasteiger partial charge on any atom is 0.328 e. The Morgan fingerprint density at radius 2 is 1.84 bits per heavy atom. The van der Waals surface area contributed by atoms with E-state index in [1.54, 1.807) is 19.9 Å². The van der Waals surface area contributed by atoms with Crippen molar-refractivity contribution in [3.05, 3.63) is 77.6 Å². The Balaban J connectivity index is 1.57. The molecule has 7 heteroatoms. The maximum absolute atomic E-state index is 12.0. The molecule has 0 unspecified atom stereocenters. The summed E-state index contributed by atoms with van der Waals surface area (Å²) >= 11 is 0. The molecule has 0 radical (unpaired) electrons. The Morgan fingerprint density at radius 1 is 1.12 bits per heavy atom. The molecule has 3 aromatic rings. The van der Waals surface area contributed by atoms with Gasteiger partial charge in [0.25, 0.3) is 0 Å². The summed E-state index contributed by atoms with van der Waals surface area (Å²) in [7, 11) is 0. The Hall–Kier alpha value is -3.87. The number of nitrogens with zero attached hydrogens (tertiary/aromatic N) is 1. The monoisotopic (exact) mass is 434 g/mol. The van der Waals surface area contributed by atoms with Crippen molar-refractivity contribution in [2.75, 3.05) is 6.61 Å². The lowest BCUT2D eigenvalue weighted by molar-refractivity contribution is -0.146. The quantitative estimate of drug-likeness (QED) is 0.399. The third-order valence-electron chi connectivity index (χ3n) is 4.72. The number of aromatic nitrogens is 1. The third kappa shape index (κ3) is 6.07. The van der Waals surface area contributed by atoms with Crippen LogP contribution in [-0.4, -0.2) is 29.7 Å². The van der Waals surface area contributed by atoms with Gasteiger partial charge in [0.05, 0.1) is 12.2 Å². The lowest BCUT2D eigenvalue weighted by Gasteiger charge is -2.10. The van der Waals surface area contributed by atoms with Crippen molar-refractivity contribution in [3.8, 4) is 17.0 Å². The van der Waals surface area contributed by atoms with Crippen molar-refractivity contribution in [2.45, 2.75) is 33.4 Å². The zero-order valence-electron chi connectivity index (χ0n) is 18.3. The summed E-state index contributed by atoms with van der Waals surface area (Å²) in [6, 6.07) is 16.4. The van der Waals surface area contributed by atoms with Crippen LogP contribution < -0.4 is 10.1 Å². The number of hydrogen-bond donors (Lipinski definition) is 1. The molecule has 3 rings (SSSR count). The first-order valence-electron chi connectivity index (χ1n) is 10.4. The zero-order chi connectivity index (χ0) is 22.9. The van der Waals surface area contributed by atoms with Crippen LogP contribution >= 0.6 is 0 Å². The Bertz CT molecular complexity index is 1070. The average molecular weight is 434 g/mol. The minimum Gasteiger partial charge on any atom is -0.489 e. The number of amides is 1. The van der Waals surface area contributed by atoms with Gasteiger partial charge < -0.3 is 19.3 Å². The van der Waals surface area contributed by atoms with Gasteiger partial charge in [-0.1, -0.05) is 47.6 Å². The first kappa shape index (κ1) is 22.8. The number of carbonyl (C=O) groups excluding carboxylic acids is 2. The molecule has 2 aromatic carbocycles. The molecule has 1 aromatic heterocycles. The van der Waals surface area contributed by atoms with Crippen molar-refractivity contribution >= 4 is 18.0 Å². The van der Waals surface area contributed by atoms with Crippen molar-refractivity contribution in [3.63, 3.8) is 0 Å². The Kier molecular flexibility index (Phi) is 7.80. The largest absolute Gasteiger partial charge is 0.489 e. The number of nitrogens with one attached hydrogen (secondary N) is 1. The highest BCUT2D eigenvalue weighted by Gasteiger charge is 2.16. The van der Waals surface area contributed by atoms with Gasteiger partial charge in [0.2, 0.25) is 5.91 Å². The molecule has 0 aliphatic heterocycles. The van der Waals surface area contributed by atoms with Crippen molar-refractivity contribution in [1.29, 1.82) is 0 Å². The van der Waals surface area contributed by atoms with Gasteiger partial charge in [-0.15, -0.1) is 0 Å². The van der Waals surface area contributed by atoms with Gasteiger partial charge in [0.1, 0.15) is 29.9 Å². The van der Waals surface area contributed by atoms with Crippen molar-refractivity contribution < 1.29 is 23.6 Å². The lowest BCUT2D eigenvalue weighted by atomic mass is 10.1. The Labute approximate surface area is 187 Å². The van der Waals surface area contributed by atoms with Crippen LogP contribution in [0.4, 0.5) is 0 Å². The predicted octanol–water partition coefficient (Wildman–Crippen LogP) is 4.31. The van der Waals surface area contributed by atoms with Crippen LogP contribution in [0.5, 0.6) is 5.75 Å². The summed E-state index contributed by atoms with van der Waals surface area (Å²) in [4.78, 5) is 23.5. The second-order valence-corrected chi connectivity index (χ2v) is 7.11. The summed E-state index contributed by atoms with van der Waals surface area (Å²) < 4.78 is 16.2. The normalized spacial score (nSPS) is 11.8. The van der Waals surface area contributed by atoms with Crippen LogP contribution in [0.1, 0.15) is 30.7 Å². The maximum atomic E-state index is 12.0. The molecule has 166 valence electrons. The minimum absolute atomic E-state index is 0.271. The summed E-state index contributed by atoms with van der Waals surface area (Å²) in [6.07, 6.45) is 3.03. The SMILES string of the molecule is CCOC(=O)[C@H](C)NC(=O)/C=C/c1ccc(OCc2c(-c3ccccc3)noc2C)cc1. The number of ether oxygens (including phenoxy) is 2. The first-order chi connectivity index (χ1) is 15.5. The number of hydrogen-bond acceptors (Lipinski definition) is 6. The summed E-state index contributed by atoms with van der Waals surface area (Å²) in [5.74, 6) is 0.560. The molecule has 1 heterocycles. The smallest absolute Gasteiger partial charge is 0.328 e. The van der Waals surface area contributed by atoms with E-state index in [0.29, 0.717) is 18.1 Å². The molecule has 0 bridgehead atoms. The first-order valence-corrected chi connectivity index (χ1v) is 10.4. The Morgan fingerprint density at radius 3 is 2.53 bits per heavy atom. The third-order valence-corrected chi connectivity index (χ3v) is 4.72. The zero-order valence-corrected chi connectivity index (χ0v) is 18.3. The molecule has 0 aliphatic rings. The van der Waals surface area contributed by atoms with Gasteiger partial charge in [-0.3, -0.25) is 4.79 Å². The molecule has 7 nitrogen and oxygen atoms in total. The van der Waals surface area contributed by atoms with Gasteiger partial charge in [0.15, 0.2) is 0 Å². The summed E-state index contributed by atoms with van der Waals surface area (Å²) in [5, 5.41) is 6.73. The number of esters is 1. The standard InChI is InChI=1S/C25H26N2O5/c1-4-30-25(29)17(2)26-23(28)15-12-19-10-13-21(14-11-19)31-16-22-18(3)32-27-24(22)20-8-6-5-7-9-20/h5-15,17H,4,16H2,1-3H3,(H,26,28)/b15-12+/t17-/m0/s1. The fourth-order valence-corrected chi connectivity index (χ4v) is 2.97. The average Bonchev–Trinajstić information content (AvgIpc) is 3.18. The molecule has 0 spiro atoms. The van der Waals surface area contributed by atoms with Gasteiger partial charge >= 0.3 is 5.97 Å². The molecule has 0 aliphatic carbocycles. The van der Waals surface area contributed by atoms with Gasteiger partial charge in [-0.25, -0.2) is 4.79 Å². The predicted molar refractivity (Wildman–Crippen MR) is 121 cm³/mol. The van der Waals surface area contributed by atoms with Gasteiger partial charge in [-0.05, 0) is 44.5 Å². The number of aryl methyl sites for hydroxylation is 1. The lowest BCUT2D eigenvalue weighted by Crippen LogP contribution is -2.38. The highest BCUT2D eigenvalue weighted by Crippen LogP contribution is 2.26.